The molecule has 2 N–H and O–H groups in total. The molecule has 0 aliphatic heterocycles. The molecule has 0 fully saturated rings. The van der Waals surface area contributed by atoms with Crippen LogP contribution in [-0.2, 0) is 20.5 Å². The first-order valence-electron chi connectivity index (χ1n) is 6.21. The maximum absolute atomic E-state index is 11.8. The number of aliphatic hydroxyl groups excluding tert-OH is 1. The van der Waals surface area contributed by atoms with Crippen LogP contribution in [0.5, 0.6) is 0 Å². The molecule has 8 nitrogen and oxygen atoms in total. The summed E-state index contributed by atoms with van der Waals surface area (Å²) >= 11 is 0. The first-order valence-corrected chi connectivity index (χ1v) is 7.87. The van der Waals surface area contributed by atoms with Gasteiger partial charge in [-0.05, 0) is 12.0 Å². The molecule has 0 amide bonds. The lowest BCUT2D eigenvalue weighted by Gasteiger charge is -2.10. The van der Waals surface area contributed by atoms with Crippen LogP contribution in [0.2, 0.25) is 0 Å². The SMILES string of the molecule is COCC(O)CCNS(=O)(=O)Cc1ccc([N+](=O)[O-])cc1. The van der Waals surface area contributed by atoms with Crippen LogP contribution in [0, 0.1) is 10.1 Å². The number of ether oxygens (including phenoxy) is 1. The zero-order chi connectivity index (χ0) is 15.9. The first-order chi connectivity index (χ1) is 9.84. The molecule has 0 aliphatic carbocycles. The summed E-state index contributed by atoms with van der Waals surface area (Å²) in [5, 5.41) is 19.9. The smallest absolute Gasteiger partial charge is 0.269 e. The van der Waals surface area contributed by atoms with Crippen molar-refractivity contribution in [2.45, 2.75) is 18.3 Å². The van der Waals surface area contributed by atoms with Crippen molar-refractivity contribution in [3.05, 3.63) is 39.9 Å². The van der Waals surface area contributed by atoms with Gasteiger partial charge in [0.1, 0.15) is 0 Å². The molecule has 0 heterocycles. The van der Waals surface area contributed by atoms with Crippen molar-refractivity contribution in [2.24, 2.45) is 0 Å². The lowest BCUT2D eigenvalue weighted by Crippen LogP contribution is -2.29. The predicted octanol–water partition coefficient (Wildman–Crippen LogP) is 0.412. The van der Waals surface area contributed by atoms with E-state index < -0.39 is 21.1 Å². The summed E-state index contributed by atoms with van der Waals surface area (Å²) in [4.78, 5) is 9.95. The van der Waals surface area contributed by atoms with Gasteiger partial charge in [-0.3, -0.25) is 10.1 Å². The number of hydrogen-bond acceptors (Lipinski definition) is 6. The highest BCUT2D eigenvalue weighted by atomic mass is 32.2. The Hall–Kier alpha value is -1.55. The van der Waals surface area contributed by atoms with E-state index in [1.807, 2.05) is 0 Å². The lowest BCUT2D eigenvalue weighted by atomic mass is 10.2. The molecule has 0 saturated heterocycles. The van der Waals surface area contributed by atoms with E-state index in [9.17, 15) is 23.6 Å². The number of aliphatic hydroxyl groups is 1. The summed E-state index contributed by atoms with van der Waals surface area (Å²) in [5.74, 6) is -0.272. The van der Waals surface area contributed by atoms with E-state index in [0.29, 0.717) is 5.56 Å². The molecule has 9 heteroatoms. The second kappa shape index (κ2) is 8.03. The molecule has 0 aromatic heterocycles. The second-order valence-electron chi connectivity index (χ2n) is 4.47. The van der Waals surface area contributed by atoms with Gasteiger partial charge in [0.2, 0.25) is 10.0 Å². The molecule has 0 radical (unpaired) electrons. The topological polar surface area (TPSA) is 119 Å². The number of hydrogen-bond donors (Lipinski definition) is 2. The highest BCUT2D eigenvalue weighted by molar-refractivity contribution is 7.88. The fourth-order valence-corrected chi connectivity index (χ4v) is 2.80. The van der Waals surface area contributed by atoms with Gasteiger partial charge in [-0.15, -0.1) is 0 Å². The minimum atomic E-state index is -3.55. The third-order valence-corrected chi connectivity index (χ3v) is 4.02. The highest BCUT2D eigenvalue weighted by Crippen LogP contribution is 2.13. The zero-order valence-electron chi connectivity index (χ0n) is 11.6. The molecule has 1 atom stereocenters. The van der Waals surface area contributed by atoms with E-state index in [2.05, 4.69) is 4.72 Å². The molecule has 1 unspecified atom stereocenters. The van der Waals surface area contributed by atoms with Crippen molar-refractivity contribution < 1.29 is 23.2 Å². The van der Waals surface area contributed by atoms with Crippen LogP contribution in [0.4, 0.5) is 5.69 Å². The molecule has 21 heavy (non-hydrogen) atoms. The summed E-state index contributed by atoms with van der Waals surface area (Å²) in [6.45, 7) is 0.240. The van der Waals surface area contributed by atoms with Gasteiger partial charge in [0.15, 0.2) is 0 Å². The van der Waals surface area contributed by atoms with E-state index in [-0.39, 0.29) is 31.0 Å². The van der Waals surface area contributed by atoms with Crippen LogP contribution >= 0.6 is 0 Å². The van der Waals surface area contributed by atoms with Crippen LogP contribution in [0.25, 0.3) is 0 Å². The number of sulfonamides is 1. The molecule has 0 bridgehead atoms. The van der Waals surface area contributed by atoms with Gasteiger partial charge in [0.25, 0.3) is 5.69 Å². The molecule has 0 saturated carbocycles. The van der Waals surface area contributed by atoms with Gasteiger partial charge >= 0.3 is 0 Å². The zero-order valence-corrected chi connectivity index (χ0v) is 12.4. The largest absolute Gasteiger partial charge is 0.391 e. The monoisotopic (exact) mass is 318 g/mol. The van der Waals surface area contributed by atoms with Crippen molar-refractivity contribution >= 4 is 15.7 Å². The predicted molar refractivity (Wildman–Crippen MR) is 76.2 cm³/mol. The van der Waals surface area contributed by atoms with Crippen LogP contribution in [-0.4, -0.2) is 44.8 Å². The lowest BCUT2D eigenvalue weighted by molar-refractivity contribution is -0.384. The molecule has 118 valence electrons. The number of methoxy groups -OCH3 is 1. The molecule has 0 spiro atoms. The number of nitrogens with zero attached hydrogens (tertiary/aromatic N) is 1. The summed E-state index contributed by atoms with van der Waals surface area (Å²) in [6.07, 6.45) is -0.482. The Balaban J connectivity index is 2.50. The van der Waals surface area contributed by atoms with E-state index in [1.54, 1.807) is 0 Å². The van der Waals surface area contributed by atoms with E-state index in [0.717, 1.165) is 0 Å². The number of benzene rings is 1. The fraction of sp³-hybridized carbons (Fsp3) is 0.500. The Kier molecular flexibility index (Phi) is 6.69. The van der Waals surface area contributed by atoms with Gasteiger partial charge in [0, 0.05) is 25.8 Å². The number of nitro benzene ring substituents is 1. The van der Waals surface area contributed by atoms with Gasteiger partial charge < -0.3 is 9.84 Å². The number of rotatable bonds is 9. The van der Waals surface area contributed by atoms with Crippen molar-refractivity contribution in [3.63, 3.8) is 0 Å². The minimum absolute atomic E-state index is 0.0909. The average Bonchev–Trinajstić information content (AvgIpc) is 2.38. The second-order valence-corrected chi connectivity index (χ2v) is 6.28. The number of nitrogens with one attached hydrogen (secondary N) is 1. The van der Waals surface area contributed by atoms with E-state index in [4.69, 9.17) is 4.74 Å². The summed E-state index contributed by atoms with van der Waals surface area (Å²) in [7, 11) is -2.10. The van der Waals surface area contributed by atoms with Crippen molar-refractivity contribution in [3.8, 4) is 0 Å². The quantitative estimate of drug-likeness (QED) is 0.503. The molecule has 1 rings (SSSR count). The number of non-ortho nitro benzene ring substituents is 1. The van der Waals surface area contributed by atoms with Crippen LogP contribution < -0.4 is 4.72 Å². The van der Waals surface area contributed by atoms with Crippen LogP contribution in [0.15, 0.2) is 24.3 Å². The Labute approximate surface area is 122 Å². The van der Waals surface area contributed by atoms with Gasteiger partial charge in [-0.2, -0.15) is 0 Å². The first kappa shape index (κ1) is 17.5. The molecule has 0 aliphatic rings. The van der Waals surface area contributed by atoms with Crippen LogP contribution in [0.3, 0.4) is 0 Å². The van der Waals surface area contributed by atoms with Crippen LogP contribution in [0.1, 0.15) is 12.0 Å². The maximum Gasteiger partial charge on any atom is 0.269 e. The molecular weight excluding hydrogens is 300 g/mol. The third kappa shape index (κ3) is 6.63. The highest BCUT2D eigenvalue weighted by Gasteiger charge is 2.13. The van der Waals surface area contributed by atoms with Gasteiger partial charge in [-0.1, -0.05) is 12.1 Å². The maximum atomic E-state index is 11.8. The van der Waals surface area contributed by atoms with Crippen molar-refractivity contribution in [2.75, 3.05) is 20.3 Å². The molecule has 1 aromatic rings. The summed E-state index contributed by atoms with van der Waals surface area (Å²) < 4.78 is 30.7. The Bertz CT molecular complexity index is 558. The number of nitro groups is 1. The van der Waals surface area contributed by atoms with Crippen molar-refractivity contribution in [1.82, 2.24) is 4.72 Å². The minimum Gasteiger partial charge on any atom is -0.391 e. The summed E-state index contributed by atoms with van der Waals surface area (Å²) in [6, 6.07) is 5.31. The molecular formula is C12H18N2O6S. The van der Waals surface area contributed by atoms with E-state index >= 15 is 0 Å². The molecule has 1 aromatic carbocycles. The average molecular weight is 318 g/mol. The Morgan fingerprint density at radius 2 is 2.00 bits per heavy atom. The fourth-order valence-electron chi connectivity index (χ4n) is 1.64. The van der Waals surface area contributed by atoms with Gasteiger partial charge in [-0.25, -0.2) is 13.1 Å². The summed E-state index contributed by atoms with van der Waals surface area (Å²) in [5.41, 5.74) is 0.359. The normalized spacial score (nSPS) is 13.0. The van der Waals surface area contributed by atoms with Gasteiger partial charge in [0.05, 0.1) is 23.4 Å². The third-order valence-electron chi connectivity index (χ3n) is 2.66. The van der Waals surface area contributed by atoms with E-state index in [1.165, 1.54) is 31.4 Å². The Morgan fingerprint density at radius 3 is 2.52 bits per heavy atom. The van der Waals surface area contributed by atoms with Crippen molar-refractivity contribution in [1.29, 1.82) is 0 Å². The standard InChI is InChI=1S/C12H18N2O6S/c1-20-8-12(15)6-7-13-21(18,19)9-10-2-4-11(5-3-10)14(16)17/h2-5,12-13,15H,6-9H2,1H3. The Morgan fingerprint density at radius 1 is 1.38 bits per heavy atom.